The van der Waals surface area contributed by atoms with E-state index in [-0.39, 0.29) is 0 Å². The summed E-state index contributed by atoms with van der Waals surface area (Å²) in [5.74, 6) is -1.20. The second-order valence-corrected chi connectivity index (χ2v) is 3.44. The number of rotatable bonds is 2. The summed E-state index contributed by atoms with van der Waals surface area (Å²) in [5.41, 5.74) is 0.502. The molecule has 1 aromatic heterocycles. The summed E-state index contributed by atoms with van der Waals surface area (Å²) < 4.78 is 27.3. The van der Waals surface area contributed by atoms with Crippen molar-refractivity contribution in [3.63, 3.8) is 0 Å². The quantitative estimate of drug-likeness (QED) is 0.794. The molecular formula is C9H7F2N3S. The lowest BCUT2D eigenvalue weighted by Gasteiger charge is -2.03. The van der Waals surface area contributed by atoms with Crippen LogP contribution >= 0.6 is 12.6 Å². The standard InChI is InChI=1S/C9H7F2N3S/c10-7-1-6(2-8(11)3-7)4-14-5-12-13-9(14)15/h1-3,5H,4H2,(H,13,15). The van der Waals surface area contributed by atoms with Gasteiger partial charge in [0.25, 0.3) is 0 Å². The molecule has 0 unspecified atom stereocenters. The molecule has 0 aliphatic heterocycles. The first-order valence-corrected chi connectivity index (χ1v) is 4.61. The van der Waals surface area contributed by atoms with E-state index in [9.17, 15) is 8.78 Å². The molecule has 2 aromatic rings. The molecule has 3 nitrogen and oxygen atoms in total. The SMILES string of the molecule is Fc1cc(F)cc(Cn2cnnc2S)c1. The van der Waals surface area contributed by atoms with Crippen molar-refractivity contribution in [1.82, 2.24) is 14.8 Å². The molecule has 0 amide bonds. The molecule has 0 saturated heterocycles. The van der Waals surface area contributed by atoms with E-state index in [1.807, 2.05) is 0 Å². The highest BCUT2D eigenvalue weighted by molar-refractivity contribution is 7.80. The van der Waals surface area contributed by atoms with Gasteiger partial charge in [-0.2, -0.15) is 0 Å². The van der Waals surface area contributed by atoms with Crippen molar-refractivity contribution < 1.29 is 8.78 Å². The van der Waals surface area contributed by atoms with Gasteiger partial charge in [-0.15, -0.1) is 22.8 Å². The third kappa shape index (κ3) is 2.33. The van der Waals surface area contributed by atoms with Crippen molar-refractivity contribution in [1.29, 1.82) is 0 Å². The Morgan fingerprint density at radius 3 is 2.40 bits per heavy atom. The highest BCUT2D eigenvalue weighted by Gasteiger charge is 2.03. The minimum Gasteiger partial charge on any atom is -0.304 e. The summed E-state index contributed by atoms with van der Waals surface area (Å²) in [6.07, 6.45) is 1.45. The molecule has 0 fully saturated rings. The fourth-order valence-electron chi connectivity index (χ4n) is 1.26. The van der Waals surface area contributed by atoms with Gasteiger partial charge in [0.05, 0.1) is 6.54 Å². The maximum absolute atomic E-state index is 12.9. The van der Waals surface area contributed by atoms with Crippen LogP contribution < -0.4 is 0 Å². The summed E-state index contributed by atoms with van der Waals surface area (Å²) in [7, 11) is 0. The van der Waals surface area contributed by atoms with Crippen molar-refractivity contribution in [3.05, 3.63) is 41.7 Å². The van der Waals surface area contributed by atoms with E-state index in [2.05, 4.69) is 22.8 Å². The summed E-state index contributed by atoms with van der Waals surface area (Å²) >= 11 is 4.03. The summed E-state index contributed by atoms with van der Waals surface area (Å²) in [5, 5.41) is 7.66. The molecule has 0 aliphatic carbocycles. The maximum Gasteiger partial charge on any atom is 0.188 e. The molecule has 0 saturated carbocycles. The van der Waals surface area contributed by atoms with E-state index in [0.717, 1.165) is 6.07 Å². The average molecular weight is 227 g/mol. The average Bonchev–Trinajstić information content (AvgIpc) is 2.50. The molecule has 0 bridgehead atoms. The summed E-state index contributed by atoms with van der Waals surface area (Å²) in [4.78, 5) is 0. The largest absolute Gasteiger partial charge is 0.304 e. The highest BCUT2D eigenvalue weighted by Crippen LogP contribution is 2.11. The predicted molar refractivity (Wildman–Crippen MR) is 52.7 cm³/mol. The zero-order valence-corrected chi connectivity index (χ0v) is 8.46. The predicted octanol–water partition coefficient (Wildman–Crippen LogP) is 1.89. The Morgan fingerprint density at radius 2 is 1.87 bits per heavy atom. The second-order valence-electron chi connectivity index (χ2n) is 3.04. The van der Waals surface area contributed by atoms with Crippen molar-refractivity contribution in [3.8, 4) is 0 Å². The fraction of sp³-hybridized carbons (Fsp3) is 0.111. The lowest BCUT2D eigenvalue weighted by atomic mass is 10.2. The van der Waals surface area contributed by atoms with Gasteiger partial charge >= 0.3 is 0 Å². The number of benzene rings is 1. The topological polar surface area (TPSA) is 30.7 Å². The summed E-state index contributed by atoms with van der Waals surface area (Å²) in [6.45, 7) is 0.292. The Morgan fingerprint density at radius 1 is 1.20 bits per heavy atom. The Kier molecular flexibility index (Phi) is 2.68. The van der Waals surface area contributed by atoms with E-state index < -0.39 is 11.6 Å². The normalized spacial score (nSPS) is 10.6. The van der Waals surface area contributed by atoms with Crippen LogP contribution in [0.4, 0.5) is 8.78 Å². The van der Waals surface area contributed by atoms with Crippen LogP contribution in [0.2, 0.25) is 0 Å². The zero-order valence-electron chi connectivity index (χ0n) is 7.56. The van der Waals surface area contributed by atoms with Crippen LogP contribution in [-0.2, 0) is 6.54 Å². The fourth-order valence-corrected chi connectivity index (χ4v) is 1.43. The van der Waals surface area contributed by atoms with Gasteiger partial charge in [0.2, 0.25) is 0 Å². The van der Waals surface area contributed by atoms with Gasteiger partial charge in [0, 0.05) is 6.07 Å². The van der Waals surface area contributed by atoms with Crippen LogP contribution in [-0.4, -0.2) is 14.8 Å². The molecule has 78 valence electrons. The monoisotopic (exact) mass is 227 g/mol. The minimum absolute atomic E-state index is 0.292. The van der Waals surface area contributed by atoms with Gasteiger partial charge in [0.1, 0.15) is 18.0 Å². The van der Waals surface area contributed by atoms with Crippen LogP contribution in [0, 0.1) is 11.6 Å². The van der Waals surface area contributed by atoms with Crippen LogP contribution in [0.25, 0.3) is 0 Å². The zero-order chi connectivity index (χ0) is 10.8. The van der Waals surface area contributed by atoms with Gasteiger partial charge in [0.15, 0.2) is 5.16 Å². The third-order valence-corrected chi connectivity index (χ3v) is 2.22. The Hall–Kier alpha value is -1.43. The van der Waals surface area contributed by atoms with Crippen molar-refractivity contribution >= 4 is 12.6 Å². The number of hydrogen-bond acceptors (Lipinski definition) is 3. The first-order chi connectivity index (χ1) is 7.15. The van der Waals surface area contributed by atoms with Crippen LogP contribution in [0.15, 0.2) is 29.7 Å². The number of halogens is 2. The molecule has 1 heterocycles. The van der Waals surface area contributed by atoms with Crippen molar-refractivity contribution in [2.24, 2.45) is 0 Å². The lowest BCUT2D eigenvalue weighted by molar-refractivity contribution is 0.575. The molecule has 2 rings (SSSR count). The van der Waals surface area contributed by atoms with Crippen LogP contribution in [0.1, 0.15) is 5.56 Å². The van der Waals surface area contributed by atoms with E-state index in [1.54, 1.807) is 4.57 Å². The van der Waals surface area contributed by atoms with Gasteiger partial charge < -0.3 is 4.57 Å². The number of aromatic nitrogens is 3. The van der Waals surface area contributed by atoms with E-state index in [1.165, 1.54) is 18.5 Å². The first kappa shape index (κ1) is 10.1. The third-order valence-electron chi connectivity index (χ3n) is 1.87. The van der Waals surface area contributed by atoms with Crippen LogP contribution in [0.3, 0.4) is 0 Å². The molecule has 0 spiro atoms. The Bertz CT molecular complexity index is 464. The smallest absolute Gasteiger partial charge is 0.188 e. The van der Waals surface area contributed by atoms with Gasteiger partial charge in [-0.05, 0) is 17.7 Å². The molecule has 0 radical (unpaired) electrons. The number of thiol groups is 1. The van der Waals surface area contributed by atoms with Gasteiger partial charge in [-0.25, -0.2) is 8.78 Å². The number of hydrogen-bond donors (Lipinski definition) is 1. The van der Waals surface area contributed by atoms with Gasteiger partial charge in [-0.1, -0.05) is 0 Å². The van der Waals surface area contributed by atoms with E-state index in [0.29, 0.717) is 17.3 Å². The molecule has 15 heavy (non-hydrogen) atoms. The minimum atomic E-state index is -0.598. The van der Waals surface area contributed by atoms with Crippen molar-refractivity contribution in [2.45, 2.75) is 11.7 Å². The summed E-state index contributed by atoms with van der Waals surface area (Å²) in [6, 6.07) is 3.35. The molecule has 6 heteroatoms. The molecule has 0 atom stereocenters. The number of nitrogens with zero attached hydrogens (tertiary/aromatic N) is 3. The molecule has 1 aromatic carbocycles. The Balaban J connectivity index is 2.28. The molecule has 0 aliphatic rings. The van der Waals surface area contributed by atoms with Crippen molar-refractivity contribution in [2.75, 3.05) is 0 Å². The van der Waals surface area contributed by atoms with Crippen LogP contribution in [0.5, 0.6) is 0 Å². The lowest BCUT2D eigenvalue weighted by Crippen LogP contribution is -2.00. The Labute approximate surface area is 90.2 Å². The highest BCUT2D eigenvalue weighted by atomic mass is 32.1. The molecular weight excluding hydrogens is 220 g/mol. The van der Waals surface area contributed by atoms with E-state index in [4.69, 9.17) is 0 Å². The van der Waals surface area contributed by atoms with E-state index >= 15 is 0 Å². The second kappa shape index (κ2) is 3.98. The van der Waals surface area contributed by atoms with Gasteiger partial charge in [-0.3, -0.25) is 0 Å². The first-order valence-electron chi connectivity index (χ1n) is 4.17. The molecule has 0 N–H and O–H groups in total. The maximum atomic E-state index is 12.9.